The Kier molecular flexibility index (Phi) is 2.02. The summed E-state index contributed by atoms with van der Waals surface area (Å²) in [4.78, 5) is 2.87. The average Bonchev–Trinajstić information content (AvgIpc) is 1.98. The van der Waals surface area contributed by atoms with Crippen molar-refractivity contribution in [2.45, 2.75) is 0 Å². The molecule has 1 rings (SSSR count). The van der Waals surface area contributed by atoms with Crippen LogP contribution in [0.5, 0.6) is 5.75 Å². The van der Waals surface area contributed by atoms with Crippen LogP contribution in [0.25, 0.3) is 0 Å². The third-order valence-electron chi connectivity index (χ3n) is 0.753. The molecule has 0 unspecified atom stereocenters. The van der Waals surface area contributed by atoms with E-state index in [4.69, 9.17) is 5.11 Å². The molecule has 4 heteroatoms. The van der Waals surface area contributed by atoms with Crippen molar-refractivity contribution in [1.29, 1.82) is 0 Å². The smallest absolute Gasteiger partial charge is 0.147 e. The van der Waals surface area contributed by atoms with Gasteiger partial charge in [0.25, 0.3) is 0 Å². The maximum Gasteiger partial charge on any atom is 0.147 e. The first-order valence-electron chi connectivity index (χ1n) is 1.93. The Bertz CT molecular complexity index is 176. The zero-order chi connectivity index (χ0) is 6.15. The van der Waals surface area contributed by atoms with E-state index in [0.29, 0.717) is 5.75 Å². The van der Waals surface area contributed by atoms with Crippen LogP contribution < -0.4 is 0 Å². The van der Waals surface area contributed by atoms with Crippen LogP contribution >= 0.6 is 45.2 Å². The number of hydrogen-bond acceptors (Lipinski definition) is 1. The van der Waals surface area contributed by atoms with Crippen LogP contribution in [0.2, 0.25) is 0 Å². The molecule has 0 aliphatic heterocycles. The number of nitrogens with one attached hydrogen (secondary N) is 1. The molecule has 0 fully saturated rings. The van der Waals surface area contributed by atoms with Crippen molar-refractivity contribution in [3.8, 4) is 5.75 Å². The van der Waals surface area contributed by atoms with Crippen molar-refractivity contribution < 1.29 is 5.11 Å². The molecule has 2 nitrogen and oxygen atoms in total. The first kappa shape index (κ1) is 6.66. The molecule has 0 spiro atoms. The van der Waals surface area contributed by atoms with E-state index in [1.165, 1.54) is 0 Å². The molecule has 0 aliphatic carbocycles. The Morgan fingerprint density at radius 3 is 2.25 bits per heavy atom. The van der Waals surface area contributed by atoms with E-state index in [2.05, 4.69) is 50.2 Å². The van der Waals surface area contributed by atoms with Gasteiger partial charge in [-0.3, -0.25) is 0 Å². The van der Waals surface area contributed by atoms with E-state index in [-0.39, 0.29) is 0 Å². The van der Waals surface area contributed by atoms with Crippen LogP contribution in [0.1, 0.15) is 0 Å². The molecule has 0 aromatic carbocycles. The van der Waals surface area contributed by atoms with E-state index in [9.17, 15) is 0 Å². The molecule has 8 heavy (non-hydrogen) atoms. The summed E-state index contributed by atoms with van der Waals surface area (Å²) >= 11 is 4.20. The molecule has 0 amide bonds. The SMILES string of the molecule is Oc1c[nH]c(I)c1I. The molecule has 0 bridgehead atoms. The zero-order valence-corrected chi connectivity index (χ0v) is 8.10. The van der Waals surface area contributed by atoms with Gasteiger partial charge in [0.2, 0.25) is 0 Å². The molecule has 1 aromatic heterocycles. The number of halogens is 2. The Balaban J connectivity index is 3.19. The number of rotatable bonds is 0. The van der Waals surface area contributed by atoms with Gasteiger partial charge in [0, 0.05) is 6.20 Å². The van der Waals surface area contributed by atoms with Crippen LogP contribution in [-0.4, -0.2) is 10.1 Å². The molecule has 0 saturated heterocycles. The summed E-state index contributed by atoms with van der Waals surface area (Å²) in [6.07, 6.45) is 1.57. The Morgan fingerprint density at radius 1 is 1.50 bits per heavy atom. The number of aromatic nitrogens is 1. The van der Waals surface area contributed by atoms with Gasteiger partial charge in [-0.2, -0.15) is 0 Å². The highest BCUT2D eigenvalue weighted by molar-refractivity contribution is 14.1. The number of hydrogen-bond donors (Lipinski definition) is 2. The van der Waals surface area contributed by atoms with Gasteiger partial charge in [-0.05, 0) is 45.2 Å². The summed E-state index contributed by atoms with van der Waals surface area (Å²) in [5, 5.41) is 8.90. The second-order valence-corrected chi connectivity index (χ2v) is 3.46. The minimum Gasteiger partial charge on any atom is -0.505 e. The lowest BCUT2D eigenvalue weighted by Gasteiger charge is -1.81. The van der Waals surface area contributed by atoms with Crippen LogP contribution in [0, 0.1) is 7.27 Å². The molecule has 44 valence electrons. The largest absolute Gasteiger partial charge is 0.505 e. The highest BCUT2D eigenvalue weighted by atomic mass is 127. The fourth-order valence-corrected chi connectivity index (χ4v) is 1.11. The first-order valence-corrected chi connectivity index (χ1v) is 4.09. The van der Waals surface area contributed by atoms with Crippen molar-refractivity contribution in [2.24, 2.45) is 0 Å². The molecule has 0 aliphatic rings. The highest BCUT2D eigenvalue weighted by Crippen LogP contribution is 2.22. The van der Waals surface area contributed by atoms with Crippen molar-refractivity contribution in [3.63, 3.8) is 0 Å². The van der Waals surface area contributed by atoms with Gasteiger partial charge >= 0.3 is 0 Å². The molecule has 1 heterocycles. The molecular weight excluding hydrogens is 332 g/mol. The summed E-state index contributed by atoms with van der Waals surface area (Å²) in [5.41, 5.74) is 0. The minimum atomic E-state index is 0.329. The normalized spacial score (nSPS) is 9.75. The van der Waals surface area contributed by atoms with Crippen LogP contribution in [0.4, 0.5) is 0 Å². The maximum atomic E-state index is 8.90. The van der Waals surface area contributed by atoms with E-state index in [1.807, 2.05) is 0 Å². The standard InChI is InChI=1S/C4H3I2NO/c5-3-2(8)1-7-4(3)6/h1,7-8H. The van der Waals surface area contributed by atoms with Gasteiger partial charge in [0.15, 0.2) is 0 Å². The monoisotopic (exact) mass is 335 g/mol. The van der Waals surface area contributed by atoms with Crippen LogP contribution in [0.15, 0.2) is 6.20 Å². The quantitative estimate of drug-likeness (QED) is 0.699. The average molecular weight is 335 g/mol. The summed E-state index contributed by atoms with van der Waals surface area (Å²) in [5.74, 6) is 0.329. The summed E-state index contributed by atoms with van der Waals surface area (Å²) in [6, 6.07) is 0. The zero-order valence-electron chi connectivity index (χ0n) is 3.78. The van der Waals surface area contributed by atoms with E-state index in [0.717, 1.165) is 7.27 Å². The van der Waals surface area contributed by atoms with Crippen molar-refractivity contribution in [1.82, 2.24) is 4.98 Å². The summed E-state index contributed by atoms with van der Waals surface area (Å²) in [6.45, 7) is 0. The number of aromatic amines is 1. The summed E-state index contributed by atoms with van der Waals surface area (Å²) < 4.78 is 1.88. The molecular formula is C4H3I2NO. The molecule has 0 radical (unpaired) electrons. The molecule has 2 N–H and O–H groups in total. The topological polar surface area (TPSA) is 36.0 Å². The highest BCUT2D eigenvalue weighted by Gasteiger charge is 2.01. The maximum absolute atomic E-state index is 8.90. The third kappa shape index (κ3) is 1.09. The fourth-order valence-electron chi connectivity index (χ4n) is 0.371. The van der Waals surface area contributed by atoms with Gasteiger partial charge in [-0.25, -0.2) is 0 Å². The number of aromatic hydroxyl groups is 1. The Labute approximate surface area is 74.0 Å². The molecule has 1 aromatic rings. The first-order chi connectivity index (χ1) is 3.72. The molecule has 0 atom stereocenters. The lowest BCUT2D eigenvalue weighted by molar-refractivity contribution is 0.472. The Morgan fingerprint density at radius 2 is 2.12 bits per heavy atom. The Hall–Kier alpha value is 0.540. The van der Waals surface area contributed by atoms with E-state index < -0.39 is 0 Å². The summed E-state index contributed by atoms with van der Waals surface area (Å²) in [7, 11) is 0. The fraction of sp³-hybridized carbons (Fsp3) is 0. The van der Waals surface area contributed by atoms with Gasteiger partial charge in [0.05, 0.1) is 7.27 Å². The van der Waals surface area contributed by atoms with Gasteiger partial charge in [-0.1, -0.05) is 0 Å². The van der Waals surface area contributed by atoms with Crippen molar-refractivity contribution in [3.05, 3.63) is 13.5 Å². The lowest BCUT2D eigenvalue weighted by Crippen LogP contribution is -1.68. The predicted molar refractivity (Wildman–Crippen MR) is 47.9 cm³/mol. The minimum absolute atomic E-state index is 0.329. The van der Waals surface area contributed by atoms with E-state index >= 15 is 0 Å². The van der Waals surface area contributed by atoms with Crippen LogP contribution in [-0.2, 0) is 0 Å². The van der Waals surface area contributed by atoms with Gasteiger partial charge < -0.3 is 10.1 Å². The lowest BCUT2D eigenvalue weighted by atomic mass is 10.6. The van der Waals surface area contributed by atoms with Crippen molar-refractivity contribution >= 4 is 45.2 Å². The van der Waals surface area contributed by atoms with Gasteiger partial charge in [0.1, 0.15) is 5.75 Å². The van der Waals surface area contributed by atoms with Crippen LogP contribution in [0.3, 0.4) is 0 Å². The number of H-pyrrole nitrogens is 1. The van der Waals surface area contributed by atoms with Gasteiger partial charge in [-0.15, -0.1) is 0 Å². The van der Waals surface area contributed by atoms with Crippen molar-refractivity contribution in [2.75, 3.05) is 0 Å². The second-order valence-electron chi connectivity index (χ2n) is 1.30. The molecule has 0 saturated carbocycles. The third-order valence-corrected chi connectivity index (χ3v) is 3.73. The predicted octanol–water partition coefficient (Wildman–Crippen LogP) is 1.93. The van der Waals surface area contributed by atoms with E-state index in [1.54, 1.807) is 6.20 Å². The second kappa shape index (κ2) is 2.42.